The Hall–Kier alpha value is -1.54. The number of aryl methyl sites for hydroxylation is 1. The monoisotopic (exact) mass is 273 g/mol. The second kappa shape index (κ2) is 4.99. The molecule has 2 rings (SSSR count). The molecular weight excluding hydrogens is 261 g/mol. The van der Waals surface area contributed by atoms with Crippen LogP contribution in [0, 0.1) is 5.82 Å². The zero-order chi connectivity index (χ0) is 13.2. The van der Waals surface area contributed by atoms with E-state index in [1.54, 1.807) is 6.07 Å². The Labute approximate surface area is 104 Å². The molecule has 2 aromatic rings. The first-order valence-corrected chi connectivity index (χ1v) is 7.09. The fourth-order valence-corrected chi connectivity index (χ4v) is 1.97. The van der Waals surface area contributed by atoms with Crippen LogP contribution in [0.5, 0.6) is 0 Å². The topological polar surface area (TPSA) is 73.6 Å². The summed E-state index contributed by atoms with van der Waals surface area (Å²) < 4.78 is 41.1. The highest BCUT2D eigenvalue weighted by molar-refractivity contribution is 7.85. The Morgan fingerprint density at radius 3 is 3.00 bits per heavy atom. The molecule has 2 aromatic heterocycles. The van der Waals surface area contributed by atoms with Crippen LogP contribution in [0.15, 0.2) is 18.6 Å². The number of nitrogens with zero attached hydrogens (tertiary/aromatic N) is 3. The van der Waals surface area contributed by atoms with Crippen LogP contribution < -0.4 is 0 Å². The van der Waals surface area contributed by atoms with Gasteiger partial charge in [-0.2, -0.15) is 8.42 Å². The van der Waals surface area contributed by atoms with Gasteiger partial charge >= 0.3 is 0 Å². The molecule has 8 heteroatoms. The van der Waals surface area contributed by atoms with Gasteiger partial charge in [-0.3, -0.25) is 8.58 Å². The van der Waals surface area contributed by atoms with Crippen molar-refractivity contribution in [2.45, 2.75) is 12.8 Å². The molecule has 98 valence electrons. The van der Waals surface area contributed by atoms with Gasteiger partial charge in [-0.15, -0.1) is 10.2 Å². The van der Waals surface area contributed by atoms with E-state index < -0.39 is 10.1 Å². The van der Waals surface area contributed by atoms with E-state index in [1.165, 1.54) is 16.9 Å². The normalized spacial score (nSPS) is 12.1. The lowest BCUT2D eigenvalue weighted by atomic mass is 10.1. The van der Waals surface area contributed by atoms with Crippen LogP contribution in [0.4, 0.5) is 4.39 Å². The SMILES string of the molecule is CS(=O)(=O)OCCCc1cc2nncn2cc1F. The molecule has 0 atom stereocenters. The van der Waals surface area contributed by atoms with E-state index in [1.807, 2.05) is 0 Å². The molecule has 0 unspecified atom stereocenters. The van der Waals surface area contributed by atoms with E-state index in [0.29, 0.717) is 24.1 Å². The first kappa shape index (κ1) is 12.9. The minimum atomic E-state index is -3.43. The van der Waals surface area contributed by atoms with Gasteiger partial charge in [-0.05, 0) is 24.5 Å². The van der Waals surface area contributed by atoms with E-state index >= 15 is 0 Å². The molecule has 0 aromatic carbocycles. The van der Waals surface area contributed by atoms with Crippen molar-refractivity contribution in [1.29, 1.82) is 0 Å². The third-order valence-electron chi connectivity index (χ3n) is 2.35. The smallest absolute Gasteiger partial charge is 0.264 e. The fraction of sp³-hybridized carbons (Fsp3) is 0.400. The van der Waals surface area contributed by atoms with Crippen molar-refractivity contribution in [2.24, 2.45) is 0 Å². The zero-order valence-corrected chi connectivity index (χ0v) is 10.5. The summed E-state index contributed by atoms with van der Waals surface area (Å²) in [5.74, 6) is -0.373. The van der Waals surface area contributed by atoms with Crippen molar-refractivity contribution < 1.29 is 17.0 Å². The lowest BCUT2D eigenvalue weighted by Crippen LogP contribution is -2.05. The van der Waals surface area contributed by atoms with E-state index in [2.05, 4.69) is 14.4 Å². The first-order chi connectivity index (χ1) is 8.46. The highest BCUT2D eigenvalue weighted by atomic mass is 32.2. The molecule has 0 spiro atoms. The number of hydrogen-bond acceptors (Lipinski definition) is 5. The Bertz CT molecular complexity index is 653. The average molecular weight is 273 g/mol. The van der Waals surface area contributed by atoms with Crippen molar-refractivity contribution in [1.82, 2.24) is 14.6 Å². The molecule has 0 saturated carbocycles. The largest absolute Gasteiger partial charge is 0.286 e. The molecular formula is C10H12FN3O3S. The zero-order valence-electron chi connectivity index (χ0n) is 9.71. The summed E-state index contributed by atoms with van der Waals surface area (Å²) in [5.41, 5.74) is 1.02. The number of aromatic nitrogens is 3. The number of rotatable bonds is 5. The molecule has 0 bridgehead atoms. The van der Waals surface area contributed by atoms with Gasteiger partial charge < -0.3 is 0 Å². The summed E-state index contributed by atoms with van der Waals surface area (Å²) in [6.45, 7) is 0.0378. The van der Waals surface area contributed by atoms with Crippen molar-refractivity contribution >= 4 is 15.8 Å². The molecule has 0 saturated heterocycles. The van der Waals surface area contributed by atoms with Crippen molar-refractivity contribution in [3.8, 4) is 0 Å². The van der Waals surface area contributed by atoms with E-state index in [0.717, 1.165) is 6.26 Å². The molecule has 2 heterocycles. The molecule has 0 radical (unpaired) electrons. The lowest BCUT2D eigenvalue weighted by Gasteiger charge is -2.04. The number of pyridine rings is 1. The van der Waals surface area contributed by atoms with Crippen molar-refractivity contribution in [3.05, 3.63) is 30.0 Å². The second-order valence-corrected chi connectivity index (χ2v) is 5.52. The molecule has 0 aliphatic rings. The lowest BCUT2D eigenvalue weighted by molar-refractivity contribution is 0.315. The highest BCUT2D eigenvalue weighted by Gasteiger charge is 2.07. The van der Waals surface area contributed by atoms with Crippen LogP contribution in [-0.4, -0.2) is 35.9 Å². The van der Waals surface area contributed by atoms with Gasteiger partial charge in [0.1, 0.15) is 12.1 Å². The van der Waals surface area contributed by atoms with Crippen LogP contribution in [0.25, 0.3) is 5.65 Å². The predicted octanol–water partition coefficient (Wildman–Crippen LogP) is 0.777. The van der Waals surface area contributed by atoms with Crippen LogP contribution in [0.3, 0.4) is 0 Å². The molecule has 6 nitrogen and oxygen atoms in total. The van der Waals surface area contributed by atoms with Crippen LogP contribution in [0.1, 0.15) is 12.0 Å². The minimum Gasteiger partial charge on any atom is -0.286 e. The maximum absolute atomic E-state index is 13.6. The standard InChI is InChI=1S/C10H12FN3O3S/c1-18(15,16)17-4-2-3-8-5-10-13-12-7-14(10)6-9(8)11/h5-7H,2-4H2,1H3. The third kappa shape index (κ3) is 3.23. The van der Waals surface area contributed by atoms with Gasteiger partial charge in [0.2, 0.25) is 0 Å². The summed E-state index contributed by atoms with van der Waals surface area (Å²) in [5, 5.41) is 7.46. The van der Waals surface area contributed by atoms with Crippen molar-refractivity contribution in [3.63, 3.8) is 0 Å². The summed E-state index contributed by atoms with van der Waals surface area (Å²) in [6.07, 6.45) is 4.48. The Morgan fingerprint density at radius 2 is 2.28 bits per heavy atom. The number of hydrogen-bond donors (Lipinski definition) is 0. The van der Waals surface area contributed by atoms with Crippen molar-refractivity contribution in [2.75, 3.05) is 12.9 Å². The second-order valence-electron chi connectivity index (χ2n) is 3.87. The van der Waals surface area contributed by atoms with Gasteiger partial charge in [0.25, 0.3) is 10.1 Å². The Morgan fingerprint density at radius 1 is 1.50 bits per heavy atom. The predicted molar refractivity (Wildman–Crippen MR) is 62.1 cm³/mol. The molecule has 0 aliphatic heterocycles. The summed E-state index contributed by atoms with van der Waals surface area (Å²) in [4.78, 5) is 0. The molecule has 0 N–H and O–H groups in total. The maximum atomic E-state index is 13.6. The quantitative estimate of drug-likeness (QED) is 0.594. The van der Waals surface area contributed by atoms with Crippen LogP contribution >= 0.6 is 0 Å². The van der Waals surface area contributed by atoms with Gasteiger partial charge in [0.05, 0.1) is 12.9 Å². The Kier molecular flexibility index (Phi) is 3.58. The van der Waals surface area contributed by atoms with E-state index in [4.69, 9.17) is 0 Å². The first-order valence-electron chi connectivity index (χ1n) is 5.28. The summed E-state index contributed by atoms with van der Waals surface area (Å²) in [6, 6.07) is 1.59. The summed E-state index contributed by atoms with van der Waals surface area (Å²) in [7, 11) is -3.43. The van der Waals surface area contributed by atoms with Crippen LogP contribution in [-0.2, 0) is 20.7 Å². The molecule has 0 aliphatic carbocycles. The Balaban J connectivity index is 2.01. The van der Waals surface area contributed by atoms with Gasteiger partial charge in [0.15, 0.2) is 5.65 Å². The fourth-order valence-electron chi connectivity index (χ4n) is 1.55. The highest BCUT2D eigenvalue weighted by Crippen LogP contribution is 2.12. The van der Waals surface area contributed by atoms with E-state index in [9.17, 15) is 12.8 Å². The average Bonchev–Trinajstić information content (AvgIpc) is 2.70. The minimum absolute atomic E-state index is 0.0378. The molecule has 0 fully saturated rings. The molecule has 18 heavy (non-hydrogen) atoms. The number of halogens is 1. The molecule has 0 amide bonds. The van der Waals surface area contributed by atoms with Gasteiger partial charge in [0, 0.05) is 6.20 Å². The maximum Gasteiger partial charge on any atom is 0.264 e. The third-order valence-corrected chi connectivity index (χ3v) is 2.95. The summed E-state index contributed by atoms with van der Waals surface area (Å²) >= 11 is 0. The van der Waals surface area contributed by atoms with Crippen LogP contribution in [0.2, 0.25) is 0 Å². The number of fused-ring (bicyclic) bond motifs is 1. The van der Waals surface area contributed by atoms with Gasteiger partial charge in [-0.1, -0.05) is 0 Å². The van der Waals surface area contributed by atoms with Gasteiger partial charge in [-0.25, -0.2) is 4.39 Å². The van der Waals surface area contributed by atoms with E-state index in [-0.39, 0.29) is 12.4 Å².